The SMILES string of the molecule is C=C/C=C(\C=C/C)OCCO. The summed E-state index contributed by atoms with van der Waals surface area (Å²) in [4.78, 5) is 0. The molecule has 2 heteroatoms. The molecule has 0 aromatic heterocycles. The molecule has 0 rings (SSSR count). The highest BCUT2D eigenvalue weighted by molar-refractivity contribution is 5.16. The van der Waals surface area contributed by atoms with E-state index in [2.05, 4.69) is 6.58 Å². The van der Waals surface area contributed by atoms with Gasteiger partial charge in [0, 0.05) is 0 Å². The van der Waals surface area contributed by atoms with Crippen LogP contribution < -0.4 is 0 Å². The zero-order valence-corrected chi connectivity index (χ0v) is 6.79. The lowest BCUT2D eigenvalue weighted by Crippen LogP contribution is -1.97. The summed E-state index contributed by atoms with van der Waals surface area (Å²) in [6, 6.07) is 0. The van der Waals surface area contributed by atoms with Gasteiger partial charge in [0.2, 0.25) is 0 Å². The lowest BCUT2D eigenvalue weighted by molar-refractivity contribution is 0.152. The predicted octanol–water partition coefficient (Wildman–Crippen LogP) is 1.64. The number of hydrogen-bond acceptors (Lipinski definition) is 2. The van der Waals surface area contributed by atoms with Crippen LogP contribution in [0.2, 0.25) is 0 Å². The molecule has 2 nitrogen and oxygen atoms in total. The van der Waals surface area contributed by atoms with Crippen LogP contribution in [0.3, 0.4) is 0 Å². The van der Waals surface area contributed by atoms with Crippen molar-refractivity contribution in [2.45, 2.75) is 6.92 Å². The van der Waals surface area contributed by atoms with E-state index in [1.54, 1.807) is 12.2 Å². The van der Waals surface area contributed by atoms with Gasteiger partial charge in [-0.15, -0.1) is 0 Å². The Morgan fingerprint density at radius 3 is 2.82 bits per heavy atom. The van der Waals surface area contributed by atoms with Crippen LogP contribution in [0.4, 0.5) is 0 Å². The molecule has 0 atom stereocenters. The molecule has 0 aliphatic heterocycles. The Kier molecular flexibility index (Phi) is 6.43. The van der Waals surface area contributed by atoms with Crippen LogP contribution in [0.15, 0.2) is 36.6 Å². The topological polar surface area (TPSA) is 29.5 Å². The molecular weight excluding hydrogens is 140 g/mol. The van der Waals surface area contributed by atoms with E-state index in [9.17, 15) is 0 Å². The summed E-state index contributed by atoms with van der Waals surface area (Å²) in [7, 11) is 0. The van der Waals surface area contributed by atoms with Crippen LogP contribution in [0, 0.1) is 0 Å². The molecule has 0 aromatic carbocycles. The smallest absolute Gasteiger partial charge is 0.119 e. The average molecular weight is 154 g/mol. The minimum absolute atomic E-state index is 0.0338. The average Bonchev–Trinajstić information content (AvgIpc) is 2.01. The first-order chi connectivity index (χ1) is 5.35. The van der Waals surface area contributed by atoms with Crippen LogP contribution in [0.25, 0.3) is 0 Å². The third-order valence-electron chi connectivity index (χ3n) is 0.973. The van der Waals surface area contributed by atoms with Gasteiger partial charge in [-0.05, 0) is 19.1 Å². The number of aliphatic hydroxyl groups excluding tert-OH is 1. The van der Waals surface area contributed by atoms with Gasteiger partial charge in [-0.3, -0.25) is 0 Å². The third-order valence-corrected chi connectivity index (χ3v) is 0.973. The first-order valence-corrected chi connectivity index (χ1v) is 3.54. The minimum Gasteiger partial charge on any atom is -0.491 e. The second-order valence-electron chi connectivity index (χ2n) is 1.88. The molecule has 0 amide bonds. The second kappa shape index (κ2) is 7.09. The van der Waals surface area contributed by atoms with Crippen molar-refractivity contribution in [3.8, 4) is 0 Å². The Morgan fingerprint density at radius 1 is 1.64 bits per heavy atom. The molecule has 1 N–H and O–H groups in total. The minimum atomic E-state index is 0.0338. The number of ether oxygens (including phenoxy) is 1. The number of aliphatic hydroxyl groups is 1. The Balaban J connectivity index is 3.89. The van der Waals surface area contributed by atoms with E-state index in [1.165, 1.54) is 0 Å². The van der Waals surface area contributed by atoms with Crippen molar-refractivity contribution in [3.05, 3.63) is 36.6 Å². The lowest BCUT2D eigenvalue weighted by atomic mass is 10.4. The van der Waals surface area contributed by atoms with Gasteiger partial charge < -0.3 is 9.84 Å². The molecule has 0 radical (unpaired) electrons. The molecule has 0 unspecified atom stereocenters. The highest BCUT2D eigenvalue weighted by Gasteiger charge is 1.88. The molecule has 11 heavy (non-hydrogen) atoms. The van der Waals surface area contributed by atoms with Crippen LogP contribution in [0.1, 0.15) is 6.92 Å². The van der Waals surface area contributed by atoms with Crippen molar-refractivity contribution >= 4 is 0 Å². The maximum atomic E-state index is 8.45. The molecule has 0 bridgehead atoms. The zero-order valence-electron chi connectivity index (χ0n) is 6.79. The summed E-state index contributed by atoms with van der Waals surface area (Å²) >= 11 is 0. The predicted molar refractivity (Wildman–Crippen MR) is 46.1 cm³/mol. The number of hydrogen-bond donors (Lipinski definition) is 1. The quantitative estimate of drug-likeness (QED) is 0.482. The molecule has 0 aliphatic carbocycles. The summed E-state index contributed by atoms with van der Waals surface area (Å²) in [5.74, 6) is 0.719. The van der Waals surface area contributed by atoms with Gasteiger partial charge >= 0.3 is 0 Å². The van der Waals surface area contributed by atoms with E-state index in [-0.39, 0.29) is 6.61 Å². The molecule has 0 fully saturated rings. The van der Waals surface area contributed by atoms with Gasteiger partial charge in [0.1, 0.15) is 12.4 Å². The fourth-order valence-electron chi connectivity index (χ4n) is 0.596. The maximum absolute atomic E-state index is 8.45. The first-order valence-electron chi connectivity index (χ1n) is 3.54. The molecule has 0 heterocycles. The molecule has 0 saturated heterocycles. The van der Waals surface area contributed by atoms with Crippen molar-refractivity contribution in [1.29, 1.82) is 0 Å². The molecule has 62 valence electrons. The lowest BCUT2D eigenvalue weighted by Gasteiger charge is -2.02. The Morgan fingerprint density at radius 2 is 2.36 bits per heavy atom. The third kappa shape index (κ3) is 5.43. The fourth-order valence-corrected chi connectivity index (χ4v) is 0.596. The van der Waals surface area contributed by atoms with Crippen LogP contribution in [-0.4, -0.2) is 18.3 Å². The summed E-state index contributed by atoms with van der Waals surface area (Å²) in [5, 5.41) is 8.45. The van der Waals surface area contributed by atoms with E-state index in [4.69, 9.17) is 9.84 Å². The van der Waals surface area contributed by atoms with E-state index in [1.807, 2.05) is 19.1 Å². The second-order valence-corrected chi connectivity index (χ2v) is 1.88. The van der Waals surface area contributed by atoms with Gasteiger partial charge in [-0.1, -0.05) is 18.7 Å². The van der Waals surface area contributed by atoms with Crippen LogP contribution in [-0.2, 0) is 4.74 Å². The highest BCUT2D eigenvalue weighted by atomic mass is 16.5. The number of allylic oxidation sites excluding steroid dienone is 4. The fraction of sp³-hybridized carbons (Fsp3) is 0.333. The molecule has 0 aliphatic rings. The molecule has 0 saturated carbocycles. The summed E-state index contributed by atoms with van der Waals surface area (Å²) in [5.41, 5.74) is 0. The summed E-state index contributed by atoms with van der Waals surface area (Å²) in [6.07, 6.45) is 7.08. The van der Waals surface area contributed by atoms with E-state index in [0.29, 0.717) is 6.61 Å². The van der Waals surface area contributed by atoms with Gasteiger partial charge in [0.15, 0.2) is 0 Å². The maximum Gasteiger partial charge on any atom is 0.119 e. The van der Waals surface area contributed by atoms with Crippen LogP contribution >= 0.6 is 0 Å². The zero-order chi connectivity index (χ0) is 8.53. The normalized spacial score (nSPS) is 12.0. The first kappa shape index (κ1) is 9.98. The van der Waals surface area contributed by atoms with E-state index in [0.717, 1.165) is 5.76 Å². The van der Waals surface area contributed by atoms with Crippen molar-refractivity contribution < 1.29 is 9.84 Å². The Bertz CT molecular complexity index is 157. The van der Waals surface area contributed by atoms with Crippen molar-refractivity contribution in [2.24, 2.45) is 0 Å². The molecule has 0 spiro atoms. The Labute approximate surface area is 67.5 Å². The molecular formula is C9H14O2. The summed E-state index contributed by atoms with van der Waals surface area (Å²) < 4.78 is 5.13. The van der Waals surface area contributed by atoms with Crippen molar-refractivity contribution in [2.75, 3.05) is 13.2 Å². The Hall–Kier alpha value is -1.02. The number of rotatable bonds is 5. The van der Waals surface area contributed by atoms with Gasteiger partial charge in [-0.25, -0.2) is 0 Å². The van der Waals surface area contributed by atoms with Gasteiger partial charge in [0.25, 0.3) is 0 Å². The highest BCUT2D eigenvalue weighted by Crippen LogP contribution is 1.98. The van der Waals surface area contributed by atoms with Crippen molar-refractivity contribution in [1.82, 2.24) is 0 Å². The monoisotopic (exact) mass is 154 g/mol. The largest absolute Gasteiger partial charge is 0.491 e. The van der Waals surface area contributed by atoms with E-state index >= 15 is 0 Å². The van der Waals surface area contributed by atoms with Gasteiger partial charge in [0.05, 0.1) is 6.61 Å². The van der Waals surface area contributed by atoms with Crippen molar-refractivity contribution in [3.63, 3.8) is 0 Å². The van der Waals surface area contributed by atoms with Gasteiger partial charge in [-0.2, -0.15) is 0 Å². The standard InChI is InChI=1S/C9H14O2/c1-3-5-9(6-4-2)11-8-7-10/h3-6,10H,1,7-8H2,2H3/b6-4-,9-5+. The molecule has 0 aromatic rings. The summed E-state index contributed by atoms with van der Waals surface area (Å²) in [6.45, 7) is 5.80. The van der Waals surface area contributed by atoms with Crippen LogP contribution in [0.5, 0.6) is 0 Å². The van der Waals surface area contributed by atoms with E-state index < -0.39 is 0 Å².